The number of rotatable bonds is 5. The molecule has 1 unspecified atom stereocenters. The van der Waals surface area contributed by atoms with Crippen molar-refractivity contribution in [3.63, 3.8) is 0 Å². The molecular formula is C12H18N2O3. The largest absolute Gasteiger partial charge is 0.389 e. The van der Waals surface area contributed by atoms with E-state index in [0.717, 1.165) is 0 Å². The molecule has 5 nitrogen and oxygen atoms in total. The second kappa shape index (κ2) is 6.32. The van der Waals surface area contributed by atoms with E-state index in [1.165, 1.54) is 12.0 Å². The first-order valence-corrected chi connectivity index (χ1v) is 5.40. The molecule has 1 aromatic rings. The van der Waals surface area contributed by atoms with Crippen molar-refractivity contribution in [3.8, 4) is 0 Å². The van der Waals surface area contributed by atoms with Gasteiger partial charge < -0.3 is 14.7 Å². The molecule has 0 aliphatic heterocycles. The molecular weight excluding hydrogens is 220 g/mol. The fourth-order valence-electron chi connectivity index (χ4n) is 1.56. The van der Waals surface area contributed by atoms with Crippen molar-refractivity contribution >= 4 is 5.91 Å². The van der Waals surface area contributed by atoms with Crippen molar-refractivity contribution < 1.29 is 14.6 Å². The van der Waals surface area contributed by atoms with Crippen molar-refractivity contribution in [3.05, 3.63) is 29.6 Å². The van der Waals surface area contributed by atoms with E-state index >= 15 is 0 Å². The van der Waals surface area contributed by atoms with E-state index < -0.39 is 6.10 Å². The van der Waals surface area contributed by atoms with Gasteiger partial charge >= 0.3 is 0 Å². The molecule has 5 heteroatoms. The first kappa shape index (κ1) is 13.6. The van der Waals surface area contributed by atoms with Crippen molar-refractivity contribution in [2.45, 2.75) is 13.0 Å². The minimum Gasteiger partial charge on any atom is -0.389 e. The van der Waals surface area contributed by atoms with Gasteiger partial charge in [0.2, 0.25) is 0 Å². The topological polar surface area (TPSA) is 62.7 Å². The van der Waals surface area contributed by atoms with Crippen LogP contribution in [0.1, 0.15) is 16.1 Å². The zero-order chi connectivity index (χ0) is 12.8. The standard InChI is InChI=1S/C12H18N2O3/c1-9-11(5-4-6-13-9)12(16)14(2)7-10(15)8-17-3/h4-6,10,15H,7-8H2,1-3H3. The molecule has 1 amide bonds. The van der Waals surface area contributed by atoms with E-state index in [2.05, 4.69) is 4.98 Å². The lowest BCUT2D eigenvalue weighted by atomic mass is 10.2. The number of nitrogens with zero attached hydrogens (tertiary/aromatic N) is 2. The molecule has 0 aromatic carbocycles. The Balaban J connectivity index is 2.67. The number of aryl methyl sites for hydroxylation is 1. The van der Waals surface area contributed by atoms with Gasteiger partial charge in [0.25, 0.3) is 5.91 Å². The Bertz CT molecular complexity index is 382. The molecule has 0 radical (unpaired) electrons. The van der Waals surface area contributed by atoms with Gasteiger partial charge in [-0.1, -0.05) is 0 Å². The molecule has 0 aliphatic carbocycles. The van der Waals surface area contributed by atoms with E-state index in [0.29, 0.717) is 11.3 Å². The first-order chi connectivity index (χ1) is 8.06. The van der Waals surface area contributed by atoms with E-state index in [4.69, 9.17) is 4.74 Å². The number of amides is 1. The smallest absolute Gasteiger partial charge is 0.255 e. The molecule has 0 aliphatic rings. The number of aromatic nitrogens is 1. The Labute approximate surface area is 101 Å². The number of carbonyl (C=O) groups excluding carboxylic acids is 1. The van der Waals surface area contributed by atoms with Crippen molar-refractivity contribution in [2.24, 2.45) is 0 Å². The minimum atomic E-state index is -0.675. The highest BCUT2D eigenvalue weighted by Crippen LogP contribution is 2.07. The number of hydrogen-bond donors (Lipinski definition) is 1. The molecule has 94 valence electrons. The van der Waals surface area contributed by atoms with Crippen molar-refractivity contribution in [1.82, 2.24) is 9.88 Å². The molecule has 17 heavy (non-hydrogen) atoms. The Morgan fingerprint density at radius 2 is 2.35 bits per heavy atom. The van der Waals surface area contributed by atoms with Gasteiger partial charge in [-0.05, 0) is 19.1 Å². The number of pyridine rings is 1. The van der Waals surface area contributed by atoms with Crippen molar-refractivity contribution in [1.29, 1.82) is 0 Å². The summed E-state index contributed by atoms with van der Waals surface area (Å²) in [6, 6.07) is 3.45. The lowest BCUT2D eigenvalue weighted by molar-refractivity contribution is 0.0379. The summed E-state index contributed by atoms with van der Waals surface area (Å²) in [4.78, 5) is 17.6. The van der Waals surface area contributed by atoms with Crippen LogP contribution in [0.2, 0.25) is 0 Å². The van der Waals surface area contributed by atoms with Crippen LogP contribution in [0.3, 0.4) is 0 Å². The van der Waals surface area contributed by atoms with Crippen molar-refractivity contribution in [2.75, 3.05) is 27.3 Å². The van der Waals surface area contributed by atoms with Crippen LogP contribution in [0, 0.1) is 6.92 Å². The third-order valence-corrected chi connectivity index (χ3v) is 2.43. The summed E-state index contributed by atoms with van der Waals surface area (Å²) < 4.78 is 4.81. The molecule has 1 atom stereocenters. The second-order valence-corrected chi connectivity index (χ2v) is 3.93. The van der Waals surface area contributed by atoms with Gasteiger partial charge in [-0.15, -0.1) is 0 Å². The molecule has 1 aromatic heterocycles. The molecule has 0 bridgehead atoms. The normalized spacial score (nSPS) is 12.2. The second-order valence-electron chi connectivity index (χ2n) is 3.93. The summed E-state index contributed by atoms with van der Waals surface area (Å²) in [6.07, 6.45) is 0.970. The van der Waals surface area contributed by atoms with E-state index in [1.54, 1.807) is 32.3 Å². The minimum absolute atomic E-state index is 0.147. The molecule has 0 fully saturated rings. The average molecular weight is 238 g/mol. The fourth-order valence-corrected chi connectivity index (χ4v) is 1.56. The first-order valence-electron chi connectivity index (χ1n) is 5.40. The summed E-state index contributed by atoms with van der Waals surface area (Å²) >= 11 is 0. The van der Waals surface area contributed by atoms with Crippen LogP contribution in [-0.2, 0) is 4.74 Å². The summed E-state index contributed by atoms with van der Waals surface area (Å²) in [5.41, 5.74) is 1.24. The van der Waals surface area contributed by atoms with Crippen LogP contribution in [0.25, 0.3) is 0 Å². The maximum atomic E-state index is 12.0. The van der Waals surface area contributed by atoms with Gasteiger partial charge in [-0.3, -0.25) is 9.78 Å². The van der Waals surface area contributed by atoms with Gasteiger partial charge in [0.15, 0.2) is 0 Å². The van der Waals surface area contributed by atoms with Gasteiger partial charge in [-0.25, -0.2) is 0 Å². The van der Waals surface area contributed by atoms with Gasteiger partial charge in [-0.2, -0.15) is 0 Å². The zero-order valence-corrected chi connectivity index (χ0v) is 10.4. The lowest BCUT2D eigenvalue weighted by Gasteiger charge is -2.21. The van der Waals surface area contributed by atoms with Crippen LogP contribution < -0.4 is 0 Å². The summed E-state index contributed by atoms with van der Waals surface area (Å²) in [5.74, 6) is -0.147. The highest BCUT2D eigenvalue weighted by Gasteiger charge is 2.17. The van der Waals surface area contributed by atoms with Crippen LogP contribution >= 0.6 is 0 Å². The zero-order valence-electron chi connectivity index (χ0n) is 10.4. The quantitative estimate of drug-likeness (QED) is 0.810. The Hall–Kier alpha value is -1.46. The van der Waals surface area contributed by atoms with Crippen LogP contribution in [-0.4, -0.2) is 54.3 Å². The maximum Gasteiger partial charge on any atom is 0.255 e. The number of ether oxygens (including phenoxy) is 1. The highest BCUT2D eigenvalue weighted by atomic mass is 16.5. The average Bonchev–Trinajstić information content (AvgIpc) is 2.29. The number of carbonyl (C=O) groups is 1. The van der Waals surface area contributed by atoms with E-state index in [-0.39, 0.29) is 19.1 Å². The molecule has 0 saturated carbocycles. The Kier molecular flexibility index (Phi) is 5.06. The van der Waals surface area contributed by atoms with Crippen LogP contribution in [0.4, 0.5) is 0 Å². The lowest BCUT2D eigenvalue weighted by Crippen LogP contribution is -2.36. The predicted molar refractivity (Wildman–Crippen MR) is 63.8 cm³/mol. The fraction of sp³-hybridized carbons (Fsp3) is 0.500. The number of hydrogen-bond acceptors (Lipinski definition) is 4. The van der Waals surface area contributed by atoms with E-state index in [1.807, 2.05) is 0 Å². The van der Waals surface area contributed by atoms with Gasteiger partial charge in [0.05, 0.1) is 18.3 Å². The molecule has 1 rings (SSSR count). The summed E-state index contributed by atoms with van der Waals surface area (Å²) in [5, 5.41) is 9.55. The molecule has 0 spiro atoms. The summed E-state index contributed by atoms with van der Waals surface area (Å²) in [7, 11) is 3.16. The Morgan fingerprint density at radius 1 is 1.65 bits per heavy atom. The molecule has 0 saturated heterocycles. The predicted octanol–water partition coefficient (Wildman–Crippen LogP) is 0.469. The van der Waals surface area contributed by atoms with Gasteiger partial charge in [0.1, 0.15) is 0 Å². The maximum absolute atomic E-state index is 12.0. The van der Waals surface area contributed by atoms with E-state index in [9.17, 15) is 9.90 Å². The third-order valence-electron chi connectivity index (χ3n) is 2.43. The Morgan fingerprint density at radius 3 is 2.94 bits per heavy atom. The highest BCUT2D eigenvalue weighted by molar-refractivity contribution is 5.95. The third kappa shape index (κ3) is 3.80. The number of aliphatic hydroxyl groups excluding tert-OH is 1. The van der Waals surface area contributed by atoms with Crippen LogP contribution in [0.15, 0.2) is 18.3 Å². The van der Waals surface area contributed by atoms with Gasteiger partial charge in [0, 0.05) is 32.6 Å². The monoisotopic (exact) mass is 238 g/mol. The SMILES string of the molecule is COCC(O)CN(C)C(=O)c1cccnc1C. The van der Waals surface area contributed by atoms with Crippen LogP contribution in [0.5, 0.6) is 0 Å². The molecule has 1 N–H and O–H groups in total. The number of methoxy groups -OCH3 is 1. The number of likely N-dealkylation sites (N-methyl/N-ethyl adjacent to an activating group) is 1. The number of aliphatic hydroxyl groups is 1. The molecule has 1 heterocycles. The summed E-state index contributed by atoms with van der Waals surface area (Å²) in [6.45, 7) is 2.23.